The maximum atomic E-state index is 5.79. The lowest BCUT2D eigenvalue weighted by Gasteiger charge is -2.28. The van der Waals surface area contributed by atoms with E-state index < -0.39 is 0 Å². The molecule has 0 saturated carbocycles. The maximum Gasteiger partial charge on any atom is 0.238 e. The molecule has 2 heterocycles. The van der Waals surface area contributed by atoms with Gasteiger partial charge in [-0.3, -0.25) is 0 Å². The molecule has 2 N–H and O–H groups in total. The summed E-state index contributed by atoms with van der Waals surface area (Å²) in [6.45, 7) is 5.60. The highest BCUT2D eigenvalue weighted by Gasteiger charge is 2.28. The second-order valence-corrected chi connectivity index (χ2v) is 4.91. The van der Waals surface area contributed by atoms with E-state index in [0.717, 1.165) is 12.4 Å². The van der Waals surface area contributed by atoms with E-state index in [-0.39, 0.29) is 0 Å². The Kier molecular flexibility index (Phi) is 3.41. The van der Waals surface area contributed by atoms with Crippen LogP contribution in [0.4, 0.5) is 11.5 Å². The van der Waals surface area contributed by atoms with Gasteiger partial charge in [-0.25, -0.2) is 0 Å². The average molecular weight is 235 g/mol. The summed E-state index contributed by atoms with van der Waals surface area (Å²) in [5.74, 6) is 2.15. The van der Waals surface area contributed by atoms with Gasteiger partial charge in [0.1, 0.15) is 5.82 Å². The number of anilines is 2. The summed E-state index contributed by atoms with van der Waals surface area (Å²) in [7, 11) is 1.60. The van der Waals surface area contributed by atoms with Crippen LogP contribution in [-0.4, -0.2) is 24.7 Å². The Bertz CT molecular complexity index is 392. The van der Waals surface area contributed by atoms with Gasteiger partial charge in [0, 0.05) is 12.6 Å². The highest BCUT2D eigenvalue weighted by Crippen LogP contribution is 2.31. The van der Waals surface area contributed by atoms with Gasteiger partial charge in [0.2, 0.25) is 5.88 Å². The molecule has 17 heavy (non-hydrogen) atoms. The molecule has 0 bridgehead atoms. The monoisotopic (exact) mass is 235 g/mol. The third kappa shape index (κ3) is 2.30. The molecule has 4 heteroatoms. The van der Waals surface area contributed by atoms with Crippen molar-refractivity contribution < 1.29 is 4.74 Å². The van der Waals surface area contributed by atoms with E-state index in [1.807, 2.05) is 12.1 Å². The van der Waals surface area contributed by atoms with Crippen LogP contribution < -0.4 is 15.4 Å². The number of nitrogen functional groups attached to an aromatic ring is 1. The molecule has 1 saturated heterocycles. The Morgan fingerprint density at radius 1 is 1.47 bits per heavy atom. The number of aromatic nitrogens is 1. The summed E-state index contributed by atoms with van der Waals surface area (Å²) >= 11 is 0. The topological polar surface area (TPSA) is 51.4 Å². The van der Waals surface area contributed by atoms with E-state index in [0.29, 0.717) is 23.5 Å². The lowest BCUT2D eigenvalue weighted by atomic mass is 10.0. The molecule has 1 aromatic heterocycles. The van der Waals surface area contributed by atoms with Crippen LogP contribution in [0.5, 0.6) is 5.88 Å². The molecule has 1 aliphatic rings. The highest BCUT2D eigenvalue weighted by atomic mass is 16.5. The standard InChI is InChI=1S/C13H21N3O/c1-9(2)11-5-4-8-16(11)12-7-6-10(14)13(15-12)17-3/h6-7,9,11H,4-5,8,14H2,1-3H3. The van der Waals surface area contributed by atoms with Gasteiger partial charge in [-0.15, -0.1) is 0 Å². The first kappa shape index (κ1) is 12.0. The van der Waals surface area contributed by atoms with Gasteiger partial charge in [0.05, 0.1) is 12.8 Å². The number of hydrogen-bond acceptors (Lipinski definition) is 4. The second kappa shape index (κ2) is 4.82. The second-order valence-electron chi connectivity index (χ2n) is 4.91. The molecule has 0 radical (unpaired) electrons. The predicted molar refractivity (Wildman–Crippen MR) is 70.4 cm³/mol. The minimum Gasteiger partial charge on any atom is -0.479 e. The molecular formula is C13H21N3O. The van der Waals surface area contributed by atoms with Crippen molar-refractivity contribution in [2.75, 3.05) is 24.3 Å². The number of nitrogens with two attached hydrogens (primary N) is 1. The lowest BCUT2D eigenvalue weighted by molar-refractivity contribution is 0.399. The van der Waals surface area contributed by atoms with Crippen LogP contribution in [0.1, 0.15) is 26.7 Å². The van der Waals surface area contributed by atoms with E-state index in [2.05, 4.69) is 23.7 Å². The number of methoxy groups -OCH3 is 1. The van der Waals surface area contributed by atoms with Gasteiger partial charge in [0.15, 0.2) is 0 Å². The van der Waals surface area contributed by atoms with E-state index in [1.54, 1.807) is 7.11 Å². The van der Waals surface area contributed by atoms with Crippen LogP contribution >= 0.6 is 0 Å². The summed E-state index contributed by atoms with van der Waals surface area (Å²) in [5, 5.41) is 0. The third-order valence-corrected chi connectivity index (χ3v) is 3.43. The average Bonchev–Trinajstić information content (AvgIpc) is 2.78. The van der Waals surface area contributed by atoms with E-state index in [1.165, 1.54) is 12.8 Å². The van der Waals surface area contributed by atoms with E-state index in [4.69, 9.17) is 10.5 Å². The molecule has 1 aromatic rings. The Morgan fingerprint density at radius 2 is 2.24 bits per heavy atom. The van der Waals surface area contributed by atoms with Crippen molar-refractivity contribution in [1.82, 2.24) is 4.98 Å². The molecule has 0 spiro atoms. The number of nitrogens with zero attached hydrogens (tertiary/aromatic N) is 2. The fourth-order valence-corrected chi connectivity index (χ4v) is 2.54. The number of pyridine rings is 1. The summed E-state index contributed by atoms with van der Waals surface area (Å²) in [5.41, 5.74) is 6.38. The fourth-order valence-electron chi connectivity index (χ4n) is 2.54. The van der Waals surface area contributed by atoms with Crippen molar-refractivity contribution in [2.45, 2.75) is 32.7 Å². The molecule has 0 aromatic carbocycles. The van der Waals surface area contributed by atoms with Gasteiger partial charge in [-0.05, 0) is 30.9 Å². The van der Waals surface area contributed by atoms with E-state index in [9.17, 15) is 0 Å². The molecule has 1 aliphatic heterocycles. The first-order chi connectivity index (χ1) is 8.13. The van der Waals surface area contributed by atoms with Crippen LogP contribution in [0.15, 0.2) is 12.1 Å². The van der Waals surface area contributed by atoms with E-state index >= 15 is 0 Å². The molecule has 0 aliphatic carbocycles. The Labute approximate surface area is 103 Å². The zero-order chi connectivity index (χ0) is 12.4. The normalized spacial score (nSPS) is 20.0. The summed E-state index contributed by atoms with van der Waals surface area (Å²) in [6.07, 6.45) is 2.48. The Morgan fingerprint density at radius 3 is 2.88 bits per heavy atom. The zero-order valence-electron chi connectivity index (χ0n) is 10.8. The first-order valence-electron chi connectivity index (χ1n) is 6.20. The van der Waals surface area contributed by atoms with Crippen molar-refractivity contribution in [3.8, 4) is 5.88 Å². The first-order valence-corrected chi connectivity index (χ1v) is 6.20. The molecule has 94 valence electrons. The molecule has 1 unspecified atom stereocenters. The molecule has 2 rings (SSSR count). The van der Waals surface area contributed by atoms with Crippen LogP contribution in [-0.2, 0) is 0 Å². The molecule has 4 nitrogen and oxygen atoms in total. The summed E-state index contributed by atoms with van der Waals surface area (Å²) in [6, 6.07) is 4.44. The highest BCUT2D eigenvalue weighted by molar-refractivity contribution is 5.55. The van der Waals surface area contributed by atoms with Crippen LogP contribution in [0.3, 0.4) is 0 Å². The SMILES string of the molecule is COc1nc(N2CCCC2C(C)C)ccc1N. The van der Waals surface area contributed by atoms with Gasteiger partial charge in [0.25, 0.3) is 0 Å². The lowest BCUT2D eigenvalue weighted by Crippen LogP contribution is -2.33. The number of rotatable bonds is 3. The van der Waals surface area contributed by atoms with Crippen LogP contribution in [0, 0.1) is 5.92 Å². The van der Waals surface area contributed by atoms with Crippen molar-refractivity contribution in [2.24, 2.45) is 5.92 Å². The van der Waals surface area contributed by atoms with Crippen LogP contribution in [0.25, 0.3) is 0 Å². The van der Waals surface area contributed by atoms with Gasteiger partial charge >= 0.3 is 0 Å². The smallest absolute Gasteiger partial charge is 0.238 e. The minimum absolute atomic E-state index is 0.525. The number of ether oxygens (including phenoxy) is 1. The molecule has 0 amide bonds. The van der Waals surface area contributed by atoms with Gasteiger partial charge < -0.3 is 15.4 Å². The largest absolute Gasteiger partial charge is 0.479 e. The van der Waals surface area contributed by atoms with Gasteiger partial charge in [-0.1, -0.05) is 13.8 Å². The zero-order valence-corrected chi connectivity index (χ0v) is 10.8. The van der Waals surface area contributed by atoms with Crippen molar-refractivity contribution in [3.05, 3.63) is 12.1 Å². The predicted octanol–water partition coefficient (Wildman–Crippen LogP) is 2.30. The minimum atomic E-state index is 0.525. The summed E-state index contributed by atoms with van der Waals surface area (Å²) < 4.78 is 5.18. The quantitative estimate of drug-likeness (QED) is 0.873. The Balaban J connectivity index is 2.27. The molecular weight excluding hydrogens is 214 g/mol. The number of hydrogen-bond donors (Lipinski definition) is 1. The van der Waals surface area contributed by atoms with Crippen molar-refractivity contribution >= 4 is 11.5 Å². The third-order valence-electron chi connectivity index (χ3n) is 3.43. The molecule has 1 atom stereocenters. The summed E-state index contributed by atoms with van der Waals surface area (Å²) in [4.78, 5) is 6.85. The van der Waals surface area contributed by atoms with Crippen molar-refractivity contribution in [1.29, 1.82) is 0 Å². The fraction of sp³-hybridized carbons (Fsp3) is 0.615. The molecule has 1 fully saturated rings. The maximum absolute atomic E-state index is 5.79. The van der Waals surface area contributed by atoms with Crippen LogP contribution in [0.2, 0.25) is 0 Å². The van der Waals surface area contributed by atoms with Crippen molar-refractivity contribution in [3.63, 3.8) is 0 Å². The Hall–Kier alpha value is -1.45. The van der Waals surface area contributed by atoms with Gasteiger partial charge in [-0.2, -0.15) is 4.98 Å².